The number of amides is 1. The van der Waals surface area contributed by atoms with E-state index < -0.39 is 6.43 Å². The van der Waals surface area contributed by atoms with Crippen LogP contribution in [-0.4, -0.2) is 30.9 Å². The predicted octanol–water partition coefficient (Wildman–Crippen LogP) is 4.66. The molecule has 1 N–H and O–H groups in total. The van der Waals surface area contributed by atoms with Crippen molar-refractivity contribution in [2.75, 3.05) is 20.1 Å². The van der Waals surface area contributed by atoms with Gasteiger partial charge in [0, 0.05) is 32.2 Å². The molecule has 0 aliphatic carbocycles. The quantitative estimate of drug-likeness (QED) is 0.618. The lowest BCUT2D eigenvalue weighted by Gasteiger charge is -2.38. The summed E-state index contributed by atoms with van der Waals surface area (Å²) in [6, 6.07) is 13.6. The lowest BCUT2D eigenvalue weighted by molar-refractivity contribution is -0.129. The van der Waals surface area contributed by atoms with Crippen molar-refractivity contribution < 1.29 is 13.6 Å². The summed E-state index contributed by atoms with van der Waals surface area (Å²) in [6.07, 6.45) is -0.347. The summed E-state index contributed by atoms with van der Waals surface area (Å²) in [4.78, 5) is 13.6. The maximum atomic E-state index is 13.7. The molecule has 1 aliphatic rings. The molecule has 1 heterocycles. The number of nitriles is 1. The molecule has 0 radical (unpaired) electrons. The molecule has 0 bridgehead atoms. The lowest BCUT2D eigenvalue weighted by Crippen LogP contribution is -2.52. The third kappa shape index (κ3) is 5.92. The third-order valence-electron chi connectivity index (χ3n) is 6.04. The highest BCUT2D eigenvalue weighted by atomic mass is 19.3. The average Bonchev–Trinajstić information content (AvgIpc) is 2.74. The first-order valence-corrected chi connectivity index (χ1v) is 11.2. The fraction of sp³-hybridized carbons (Fsp3) is 0.462. The summed E-state index contributed by atoms with van der Waals surface area (Å²) in [7, 11) is 1.61. The van der Waals surface area contributed by atoms with E-state index in [-0.39, 0.29) is 17.4 Å². The number of nitrogens with one attached hydrogen (secondary N) is 1. The number of aryl methyl sites for hydroxylation is 2. The minimum absolute atomic E-state index is 0.00229. The van der Waals surface area contributed by atoms with Crippen molar-refractivity contribution in [2.24, 2.45) is 11.8 Å². The fourth-order valence-electron chi connectivity index (χ4n) is 4.25. The number of alkyl halides is 2. The number of nitrogens with zero attached hydrogens (tertiary/aromatic N) is 2. The van der Waals surface area contributed by atoms with E-state index in [4.69, 9.17) is 0 Å². The predicted molar refractivity (Wildman–Crippen MR) is 121 cm³/mol. The van der Waals surface area contributed by atoms with E-state index in [9.17, 15) is 18.8 Å². The van der Waals surface area contributed by atoms with Gasteiger partial charge in [0.25, 0.3) is 6.43 Å². The van der Waals surface area contributed by atoms with E-state index in [1.54, 1.807) is 19.2 Å². The zero-order valence-corrected chi connectivity index (χ0v) is 19.0. The fourth-order valence-corrected chi connectivity index (χ4v) is 4.25. The minimum atomic E-state index is -2.54. The highest BCUT2D eigenvalue weighted by molar-refractivity contribution is 5.79. The van der Waals surface area contributed by atoms with Crippen LogP contribution in [-0.2, 0) is 30.6 Å². The van der Waals surface area contributed by atoms with E-state index in [1.165, 1.54) is 0 Å². The van der Waals surface area contributed by atoms with Crippen LogP contribution >= 0.6 is 0 Å². The van der Waals surface area contributed by atoms with Gasteiger partial charge in [-0.15, -0.1) is 0 Å². The molecule has 3 rings (SSSR count). The van der Waals surface area contributed by atoms with Crippen LogP contribution in [0.25, 0.3) is 0 Å². The topological polar surface area (TPSA) is 56.1 Å². The molecule has 1 aliphatic heterocycles. The number of benzene rings is 2. The van der Waals surface area contributed by atoms with Crippen LogP contribution in [0.1, 0.15) is 53.7 Å². The Bertz CT molecular complexity index is 991. The van der Waals surface area contributed by atoms with Crippen LogP contribution in [0.4, 0.5) is 8.78 Å². The summed E-state index contributed by atoms with van der Waals surface area (Å²) in [5.74, 6) is 0.423. The number of hydrogen-bond donors (Lipinski definition) is 1. The minimum Gasteiger partial charge on any atom is -0.359 e. The number of carbonyl (C=O) groups excluding carboxylic acids is 1. The molecule has 1 fully saturated rings. The molecule has 4 nitrogen and oxygen atoms in total. The van der Waals surface area contributed by atoms with Crippen molar-refractivity contribution in [2.45, 2.75) is 46.1 Å². The molecule has 0 spiro atoms. The summed E-state index contributed by atoms with van der Waals surface area (Å²) < 4.78 is 27.5. The van der Waals surface area contributed by atoms with Gasteiger partial charge in [0.05, 0.1) is 17.6 Å². The second kappa shape index (κ2) is 10.7. The Hall–Kier alpha value is -2.78. The largest absolute Gasteiger partial charge is 0.359 e. The summed E-state index contributed by atoms with van der Waals surface area (Å²) in [6.45, 7) is 5.87. The maximum Gasteiger partial charge on any atom is 0.264 e. The first-order chi connectivity index (χ1) is 15.3. The molecule has 2 aromatic carbocycles. The van der Waals surface area contributed by atoms with Crippen LogP contribution in [0, 0.1) is 23.2 Å². The third-order valence-corrected chi connectivity index (χ3v) is 6.04. The van der Waals surface area contributed by atoms with Gasteiger partial charge in [-0.3, -0.25) is 9.69 Å². The first kappa shape index (κ1) is 23.9. The van der Waals surface area contributed by atoms with Crippen molar-refractivity contribution in [1.82, 2.24) is 10.2 Å². The molecule has 2 aromatic rings. The zero-order chi connectivity index (χ0) is 23.3. The number of halogens is 2. The van der Waals surface area contributed by atoms with Gasteiger partial charge in [-0.1, -0.05) is 38.1 Å². The van der Waals surface area contributed by atoms with Crippen molar-refractivity contribution in [3.8, 4) is 6.07 Å². The first-order valence-electron chi connectivity index (χ1n) is 11.2. The van der Waals surface area contributed by atoms with Crippen molar-refractivity contribution in [3.05, 3.63) is 69.8 Å². The number of likely N-dealkylation sites (tertiary alicyclic amines) is 1. The highest BCUT2D eigenvalue weighted by Gasteiger charge is 2.32. The second-order valence-corrected chi connectivity index (χ2v) is 9.04. The van der Waals surface area contributed by atoms with Gasteiger partial charge in [-0.25, -0.2) is 8.78 Å². The van der Waals surface area contributed by atoms with E-state index in [0.717, 1.165) is 23.1 Å². The van der Waals surface area contributed by atoms with Crippen molar-refractivity contribution in [3.63, 3.8) is 0 Å². The molecular formula is C26H31F2N3O. The Morgan fingerprint density at radius 3 is 2.31 bits per heavy atom. The smallest absolute Gasteiger partial charge is 0.264 e. The lowest BCUT2D eigenvalue weighted by atomic mass is 9.93. The van der Waals surface area contributed by atoms with Gasteiger partial charge in [0.1, 0.15) is 0 Å². The Balaban J connectivity index is 1.65. The van der Waals surface area contributed by atoms with Crippen LogP contribution in [0.5, 0.6) is 0 Å². The van der Waals surface area contributed by atoms with Crippen molar-refractivity contribution >= 4 is 5.91 Å². The molecule has 0 aromatic heterocycles. The summed E-state index contributed by atoms with van der Waals surface area (Å²) in [5, 5.41) is 12.1. The molecule has 1 amide bonds. The van der Waals surface area contributed by atoms with E-state index >= 15 is 0 Å². The van der Waals surface area contributed by atoms with Gasteiger partial charge in [-0.05, 0) is 59.6 Å². The molecule has 32 heavy (non-hydrogen) atoms. The van der Waals surface area contributed by atoms with Gasteiger partial charge >= 0.3 is 0 Å². The molecule has 1 saturated heterocycles. The Morgan fingerprint density at radius 1 is 1.12 bits per heavy atom. The second-order valence-electron chi connectivity index (χ2n) is 9.04. The standard InChI is InChI=1S/C26H31F2N3O/c1-17(2)10-20-8-6-18(11-22(20)13-29)4-5-19-7-9-21(24(12-19)25(27)28)14-31-15-23(16-31)26(32)30-3/h6-9,11-12,17,23,25H,4-5,10,14-16H2,1-3H3,(H,30,32). The van der Waals surface area contributed by atoms with Crippen LogP contribution < -0.4 is 5.32 Å². The zero-order valence-electron chi connectivity index (χ0n) is 19.0. The van der Waals surface area contributed by atoms with E-state index in [1.807, 2.05) is 29.2 Å². The molecule has 0 unspecified atom stereocenters. The van der Waals surface area contributed by atoms with Crippen LogP contribution in [0.15, 0.2) is 36.4 Å². The molecule has 0 atom stereocenters. The highest BCUT2D eigenvalue weighted by Crippen LogP contribution is 2.28. The van der Waals surface area contributed by atoms with Crippen LogP contribution in [0.3, 0.4) is 0 Å². The van der Waals surface area contributed by atoms with Crippen LogP contribution in [0.2, 0.25) is 0 Å². The molecule has 0 saturated carbocycles. The number of hydrogen-bond acceptors (Lipinski definition) is 3. The Kier molecular flexibility index (Phi) is 7.98. The Morgan fingerprint density at radius 2 is 1.75 bits per heavy atom. The van der Waals surface area contributed by atoms with E-state index in [2.05, 4.69) is 25.2 Å². The molecule has 170 valence electrons. The van der Waals surface area contributed by atoms with E-state index in [0.29, 0.717) is 49.5 Å². The SMILES string of the molecule is CNC(=O)C1CN(Cc2ccc(CCc3ccc(CC(C)C)c(C#N)c3)cc2C(F)F)C1. The summed E-state index contributed by atoms with van der Waals surface area (Å²) in [5.41, 5.74) is 4.34. The Labute approximate surface area is 189 Å². The molecular weight excluding hydrogens is 408 g/mol. The summed E-state index contributed by atoms with van der Waals surface area (Å²) >= 11 is 0. The van der Waals surface area contributed by atoms with Gasteiger partial charge in [0.15, 0.2) is 0 Å². The van der Waals surface area contributed by atoms with Gasteiger partial charge in [-0.2, -0.15) is 5.26 Å². The van der Waals surface area contributed by atoms with Gasteiger partial charge in [0.2, 0.25) is 5.91 Å². The van der Waals surface area contributed by atoms with Crippen molar-refractivity contribution in [1.29, 1.82) is 5.26 Å². The molecule has 6 heteroatoms. The van der Waals surface area contributed by atoms with Gasteiger partial charge < -0.3 is 5.32 Å². The maximum absolute atomic E-state index is 13.7. The number of carbonyl (C=O) groups is 1. The average molecular weight is 440 g/mol. The number of rotatable bonds is 9. The monoisotopic (exact) mass is 439 g/mol. The normalized spacial score (nSPS) is 14.4.